The van der Waals surface area contributed by atoms with Crippen LogP contribution in [0.3, 0.4) is 0 Å². The molecular formula is C7H7NOS. The van der Waals surface area contributed by atoms with Crippen LogP contribution < -0.4 is 4.74 Å². The van der Waals surface area contributed by atoms with Gasteiger partial charge in [0, 0.05) is 18.0 Å². The molecule has 0 aliphatic carbocycles. The zero-order chi connectivity index (χ0) is 7.40. The van der Waals surface area contributed by atoms with Crippen molar-refractivity contribution >= 4 is 17.8 Å². The fraction of sp³-hybridized carbons (Fsp3) is 0.143. The van der Waals surface area contributed by atoms with Crippen molar-refractivity contribution in [3.05, 3.63) is 24.0 Å². The summed E-state index contributed by atoms with van der Waals surface area (Å²) in [5.41, 5.74) is 2.16. The SMILES string of the molecule is Cc1cc(OC=S)ccn1. The highest BCUT2D eigenvalue weighted by atomic mass is 32.1. The number of nitrogens with zero attached hydrogens (tertiary/aromatic N) is 1. The molecule has 0 saturated heterocycles. The van der Waals surface area contributed by atoms with E-state index in [-0.39, 0.29) is 0 Å². The topological polar surface area (TPSA) is 22.1 Å². The first-order chi connectivity index (χ1) is 4.83. The highest BCUT2D eigenvalue weighted by Crippen LogP contribution is 2.08. The van der Waals surface area contributed by atoms with Crippen molar-refractivity contribution in [2.45, 2.75) is 6.92 Å². The van der Waals surface area contributed by atoms with Gasteiger partial charge in [-0.3, -0.25) is 4.98 Å². The van der Waals surface area contributed by atoms with Gasteiger partial charge >= 0.3 is 0 Å². The van der Waals surface area contributed by atoms with Crippen molar-refractivity contribution in [2.24, 2.45) is 0 Å². The maximum Gasteiger partial charge on any atom is 0.154 e. The number of thiocarbonyl (C=S) groups is 1. The van der Waals surface area contributed by atoms with Crippen molar-refractivity contribution in [1.29, 1.82) is 0 Å². The van der Waals surface area contributed by atoms with Crippen molar-refractivity contribution in [3.8, 4) is 5.75 Å². The Bertz CT molecular complexity index is 237. The van der Waals surface area contributed by atoms with Crippen LogP contribution in [-0.4, -0.2) is 10.5 Å². The maximum atomic E-state index is 4.94. The van der Waals surface area contributed by atoms with Gasteiger partial charge < -0.3 is 4.74 Å². The van der Waals surface area contributed by atoms with E-state index in [2.05, 4.69) is 17.2 Å². The molecule has 0 bridgehead atoms. The van der Waals surface area contributed by atoms with Gasteiger partial charge in [-0.15, -0.1) is 0 Å². The van der Waals surface area contributed by atoms with E-state index >= 15 is 0 Å². The largest absolute Gasteiger partial charge is 0.453 e. The van der Waals surface area contributed by atoms with Crippen LogP contribution in [0.25, 0.3) is 0 Å². The second-order valence-corrected chi connectivity index (χ2v) is 2.04. The Morgan fingerprint density at radius 2 is 2.50 bits per heavy atom. The molecule has 0 aromatic carbocycles. The third-order valence-corrected chi connectivity index (χ3v) is 1.15. The molecule has 0 fully saturated rings. The first kappa shape index (κ1) is 7.15. The molecule has 1 rings (SSSR count). The number of ether oxygens (including phenoxy) is 1. The molecule has 0 aliphatic heterocycles. The average molecular weight is 153 g/mol. The molecule has 0 spiro atoms. The van der Waals surface area contributed by atoms with Crippen molar-refractivity contribution in [3.63, 3.8) is 0 Å². The summed E-state index contributed by atoms with van der Waals surface area (Å²) < 4.78 is 4.94. The molecule has 3 heteroatoms. The Hall–Kier alpha value is -0.960. The van der Waals surface area contributed by atoms with E-state index in [9.17, 15) is 0 Å². The third-order valence-electron chi connectivity index (χ3n) is 1.05. The molecule has 1 heterocycles. The molecular weight excluding hydrogens is 146 g/mol. The van der Waals surface area contributed by atoms with Gasteiger partial charge in [0.1, 0.15) is 5.75 Å². The standard InChI is InChI=1S/C7H7NOS/c1-6-4-7(9-5-10)2-3-8-6/h2-5H,1H3. The quantitative estimate of drug-likeness (QED) is 0.604. The Labute approximate surface area is 64.9 Å². The molecule has 0 atom stereocenters. The first-order valence-corrected chi connectivity index (χ1v) is 3.33. The van der Waals surface area contributed by atoms with E-state index in [4.69, 9.17) is 4.74 Å². The van der Waals surface area contributed by atoms with Gasteiger partial charge in [0.2, 0.25) is 0 Å². The van der Waals surface area contributed by atoms with E-state index < -0.39 is 0 Å². The number of hydrogen-bond donors (Lipinski definition) is 0. The molecule has 0 radical (unpaired) electrons. The van der Waals surface area contributed by atoms with Crippen molar-refractivity contribution < 1.29 is 4.74 Å². The van der Waals surface area contributed by atoms with Gasteiger partial charge in [0.15, 0.2) is 5.55 Å². The number of aromatic nitrogens is 1. The molecule has 0 unspecified atom stereocenters. The van der Waals surface area contributed by atoms with Crippen molar-refractivity contribution in [1.82, 2.24) is 4.98 Å². The number of aryl methyl sites for hydroxylation is 1. The van der Waals surface area contributed by atoms with Gasteiger partial charge in [-0.2, -0.15) is 0 Å². The normalized spacial score (nSPS) is 8.90. The lowest BCUT2D eigenvalue weighted by atomic mass is 10.4. The number of pyridine rings is 1. The smallest absolute Gasteiger partial charge is 0.154 e. The fourth-order valence-electron chi connectivity index (χ4n) is 0.648. The van der Waals surface area contributed by atoms with Crippen LogP contribution in [0.5, 0.6) is 5.75 Å². The summed E-state index contributed by atoms with van der Waals surface area (Å²) in [6.45, 7) is 1.90. The van der Waals surface area contributed by atoms with Crippen LogP contribution in [0.15, 0.2) is 18.3 Å². The number of rotatable bonds is 2. The molecule has 0 amide bonds. The van der Waals surface area contributed by atoms with E-state index in [1.165, 1.54) is 5.55 Å². The predicted molar refractivity (Wildman–Crippen MR) is 43.3 cm³/mol. The lowest BCUT2D eigenvalue weighted by Gasteiger charge is -1.97. The van der Waals surface area contributed by atoms with E-state index in [1.54, 1.807) is 12.3 Å². The predicted octanol–water partition coefficient (Wildman–Crippen LogP) is 1.73. The monoisotopic (exact) mass is 153 g/mol. The zero-order valence-electron chi connectivity index (χ0n) is 5.57. The van der Waals surface area contributed by atoms with Crippen LogP contribution >= 0.6 is 12.2 Å². The summed E-state index contributed by atoms with van der Waals surface area (Å²) in [7, 11) is 0. The fourth-order valence-corrected chi connectivity index (χ4v) is 0.760. The minimum atomic E-state index is 0.738. The van der Waals surface area contributed by atoms with Gasteiger partial charge in [-0.1, -0.05) is 0 Å². The molecule has 10 heavy (non-hydrogen) atoms. The second-order valence-electron chi connectivity index (χ2n) is 1.85. The molecule has 1 aromatic heterocycles. The van der Waals surface area contributed by atoms with Gasteiger partial charge in [0.05, 0.1) is 0 Å². The molecule has 0 N–H and O–H groups in total. The molecule has 2 nitrogen and oxygen atoms in total. The van der Waals surface area contributed by atoms with Crippen LogP contribution in [0.1, 0.15) is 5.69 Å². The molecule has 52 valence electrons. The highest BCUT2D eigenvalue weighted by Gasteiger charge is 1.89. The zero-order valence-corrected chi connectivity index (χ0v) is 6.39. The summed E-state index contributed by atoms with van der Waals surface area (Å²) in [6.07, 6.45) is 1.68. The van der Waals surface area contributed by atoms with Gasteiger partial charge in [-0.05, 0) is 25.2 Å². The van der Waals surface area contributed by atoms with Crippen molar-refractivity contribution in [2.75, 3.05) is 0 Å². The van der Waals surface area contributed by atoms with Gasteiger partial charge in [0.25, 0.3) is 0 Å². The minimum absolute atomic E-state index is 0.738. The Balaban J connectivity index is 2.84. The van der Waals surface area contributed by atoms with Crippen LogP contribution in [0, 0.1) is 6.92 Å². The summed E-state index contributed by atoms with van der Waals surface area (Å²) >= 11 is 4.51. The molecule has 0 aliphatic rings. The summed E-state index contributed by atoms with van der Waals surface area (Å²) in [5, 5.41) is 0. The summed E-state index contributed by atoms with van der Waals surface area (Å²) in [5.74, 6) is 0.738. The lowest BCUT2D eigenvalue weighted by molar-refractivity contribution is 0.584. The molecule has 0 saturated carbocycles. The van der Waals surface area contributed by atoms with E-state index in [0.717, 1.165) is 11.4 Å². The van der Waals surface area contributed by atoms with E-state index in [1.807, 2.05) is 13.0 Å². The van der Waals surface area contributed by atoms with Gasteiger partial charge in [-0.25, -0.2) is 0 Å². The van der Waals surface area contributed by atoms with Crippen LogP contribution in [0.2, 0.25) is 0 Å². The Morgan fingerprint density at radius 1 is 1.70 bits per heavy atom. The average Bonchev–Trinajstić information content (AvgIpc) is 1.88. The first-order valence-electron chi connectivity index (χ1n) is 2.86. The Morgan fingerprint density at radius 3 is 3.10 bits per heavy atom. The van der Waals surface area contributed by atoms with E-state index in [0.29, 0.717) is 0 Å². The third kappa shape index (κ3) is 1.77. The highest BCUT2D eigenvalue weighted by molar-refractivity contribution is 7.78. The number of hydrogen-bond acceptors (Lipinski definition) is 3. The lowest BCUT2D eigenvalue weighted by Crippen LogP contribution is -1.87. The second kappa shape index (κ2) is 3.27. The molecule has 1 aromatic rings. The maximum absolute atomic E-state index is 4.94. The Kier molecular flexibility index (Phi) is 2.34. The summed E-state index contributed by atoms with van der Waals surface area (Å²) in [4.78, 5) is 3.99. The van der Waals surface area contributed by atoms with Crippen LogP contribution in [0.4, 0.5) is 0 Å². The summed E-state index contributed by atoms with van der Waals surface area (Å²) in [6, 6.07) is 3.58. The van der Waals surface area contributed by atoms with Crippen LogP contribution in [-0.2, 0) is 0 Å². The minimum Gasteiger partial charge on any atom is -0.453 e.